The average Bonchev–Trinajstić information content (AvgIpc) is 2.97. The molecule has 1 aliphatic rings. The van der Waals surface area contributed by atoms with Gasteiger partial charge in [-0.3, -0.25) is 4.79 Å². The van der Waals surface area contributed by atoms with Gasteiger partial charge in [-0.15, -0.1) is 0 Å². The molecule has 2 aromatic rings. The number of carbonyl (C=O) groups is 1. The monoisotopic (exact) mass is 344 g/mol. The van der Waals surface area contributed by atoms with Crippen LogP contribution in [0.2, 0.25) is 0 Å². The molecule has 3 rings (SSSR count). The molecule has 0 atom stereocenters. The van der Waals surface area contributed by atoms with Crippen molar-refractivity contribution in [1.82, 2.24) is 5.32 Å². The molecule has 1 N–H and O–H groups in total. The number of sulfone groups is 1. The van der Waals surface area contributed by atoms with Crippen LogP contribution in [-0.2, 0) is 16.3 Å². The first-order chi connectivity index (χ1) is 11.4. The second kappa shape index (κ2) is 6.65. The molecule has 0 unspecified atom stereocenters. The summed E-state index contributed by atoms with van der Waals surface area (Å²) in [6.07, 6.45) is 2.16. The SMILES string of the molecule is CS(=O)(=O)c1cccc(C(=O)NCCN2CCc3ccccc32)c1. The number of hydrogen-bond donors (Lipinski definition) is 1. The summed E-state index contributed by atoms with van der Waals surface area (Å²) in [7, 11) is -3.31. The summed E-state index contributed by atoms with van der Waals surface area (Å²) in [6, 6.07) is 14.4. The highest BCUT2D eigenvalue weighted by Gasteiger charge is 2.18. The molecule has 126 valence electrons. The van der Waals surface area contributed by atoms with Crippen LogP contribution in [0, 0.1) is 0 Å². The minimum Gasteiger partial charge on any atom is -0.369 e. The Hall–Kier alpha value is -2.34. The highest BCUT2D eigenvalue weighted by atomic mass is 32.2. The standard InChI is InChI=1S/C18H20N2O3S/c1-24(22,23)16-7-4-6-15(13-16)18(21)19-10-12-20-11-9-14-5-2-3-8-17(14)20/h2-8,13H,9-12H2,1H3,(H,19,21). The van der Waals surface area contributed by atoms with Gasteiger partial charge in [0, 0.05) is 37.1 Å². The highest BCUT2D eigenvalue weighted by molar-refractivity contribution is 7.90. The van der Waals surface area contributed by atoms with Gasteiger partial charge in [0.05, 0.1) is 4.90 Å². The number of nitrogens with one attached hydrogen (secondary N) is 1. The van der Waals surface area contributed by atoms with Crippen LogP contribution in [0.5, 0.6) is 0 Å². The van der Waals surface area contributed by atoms with Crippen LogP contribution in [-0.4, -0.2) is 40.2 Å². The molecule has 1 amide bonds. The fraction of sp³-hybridized carbons (Fsp3) is 0.278. The maximum atomic E-state index is 12.2. The van der Waals surface area contributed by atoms with Gasteiger partial charge in [-0.2, -0.15) is 0 Å². The smallest absolute Gasteiger partial charge is 0.251 e. The van der Waals surface area contributed by atoms with E-state index in [1.807, 2.05) is 12.1 Å². The fourth-order valence-corrected chi connectivity index (χ4v) is 3.58. The van der Waals surface area contributed by atoms with Gasteiger partial charge < -0.3 is 10.2 Å². The molecule has 0 aromatic heterocycles. The van der Waals surface area contributed by atoms with Crippen LogP contribution in [0.3, 0.4) is 0 Å². The van der Waals surface area contributed by atoms with Crippen molar-refractivity contribution >= 4 is 21.4 Å². The molecule has 5 nitrogen and oxygen atoms in total. The second-order valence-corrected chi connectivity index (χ2v) is 7.94. The molecule has 0 saturated carbocycles. The minimum absolute atomic E-state index is 0.156. The summed E-state index contributed by atoms with van der Waals surface area (Å²) in [5.41, 5.74) is 2.93. The summed E-state index contributed by atoms with van der Waals surface area (Å²) >= 11 is 0. The van der Waals surface area contributed by atoms with Gasteiger partial charge in [0.2, 0.25) is 0 Å². The van der Waals surface area contributed by atoms with Gasteiger partial charge in [0.25, 0.3) is 5.91 Å². The van der Waals surface area contributed by atoms with Gasteiger partial charge in [-0.05, 0) is 36.2 Å². The van der Waals surface area contributed by atoms with E-state index < -0.39 is 9.84 Å². The van der Waals surface area contributed by atoms with E-state index in [0.717, 1.165) is 25.8 Å². The molecule has 0 bridgehead atoms. The number of amides is 1. The van der Waals surface area contributed by atoms with E-state index in [2.05, 4.69) is 22.3 Å². The first kappa shape index (κ1) is 16.5. The van der Waals surface area contributed by atoms with Crippen LogP contribution in [0.15, 0.2) is 53.4 Å². The van der Waals surface area contributed by atoms with Crippen LogP contribution in [0.1, 0.15) is 15.9 Å². The third kappa shape index (κ3) is 3.59. The predicted octanol–water partition coefficient (Wildman–Crippen LogP) is 1.88. The predicted molar refractivity (Wildman–Crippen MR) is 94.2 cm³/mol. The molecular formula is C18H20N2O3S. The van der Waals surface area contributed by atoms with E-state index in [4.69, 9.17) is 0 Å². The van der Waals surface area contributed by atoms with Crippen molar-refractivity contribution in [1.29, 1.82) is 0 Å². The number of carbonyl (C=O) groups excluding carboxylic acids is 1. The van der Waals surface area contributed by atoms with E-state index in [9.17, 15) is 13.2 Å². The molecule has 1 heterocycles. The van der Waals surface area contributed by atoms with Crippen molar-refractivity contribution in [3.8, 4) is 0 Å². The van der Waals surface area contributed by atoms with Crippen molar-refractivity contribution < 1.29 is 13.2 Å². The molecule has 0 spiro atoms. The molecule has 2 aromatic carbocycles. The molecule has 1 aliphatic heterocycles. The zero-order valence-electron chi connectivity index (χ0n) is 13.5. The second-order valence-electron chi connectivity index (χ2n) is 5.92. The third-order valence-corrected chi connectivity index (χ3v) is 5.29. The Kier molecular flexibility index (Phi) is 4.57. The maximum absolute atomic E-state index is 12.2. The summed E-state index contributed by atoms with van der Waals surface area (Å²) < 4.78 is 23.1. The first-order valence-electron chi connectivity index (χ1n) is 7.86. The first-order valence-corrected chi connectivity index (χ1v) is 9.75. The number of rotatable bonds is 5. The number of fused-ring (bicyclic) bond motifs is 1. The minimum atomic E-state index is -3.31. The van der Waals surface area contributed by atoms with Crippen LogP contribution in [0.25, 0.3) is 0 Å². The van der Waals surface area contributed by atoms with Crippen molar-refractivity contribution in [2.24, 2.45) is 0 Å². The van der Waals surface area contributed by atoms with E-state index in [-0.39, 0.29) is 10.8 Å². The topological polar surface area (TPSA) is 66.5 Å². The Morgan fingerprint density at radius 2 is 1.96 bits per heavy atom. The summed E-state index contributed by atoms with van der Waals surface area (Å²) in [4.78, 5) is 14.6. The van der Waals surface area contributed by atoms with E-state index in [1.165, 1.54) is 23.4 Å². The lowest BCUT2D eigenvalue weighted by Crippen LogP contribution is -2.34. The maximum Gasteiger partial charge on any atom is 0.251 e. The molecular weight excluding hydrogens is 324 g/mol. The molecule has 0 aliphatic carbocycles. The fourth-order valence-electron chi connectivity index (χ4n) is 2.91. The van der Waals surface area contributed by atoms with Crippen LogP contribution >= 0.6 is 0 Å². The normalized spacial score (nSPS) is 13.6. The van der Waals surface area contributed by atoms with Gasteiger partial charge >= 0.3 is 0 Å². The molecule has 0 radical (unpaired) electrons. The Balaban J connectivity index is 1.59. The molecule has 24 heavy (non-hydrogen) atoms. The number of nitrogens with zero attached hydrogens (tertiary/aromatic N) is 1. The van der Waals surface area contributed by atoms with E-state index in [0.29, 0.717) is 12.1 Å². The highest BCUT2D eigenvalue weighted by Crippen LogP contribution is 2.26. The van der Waals surface area contributed by atoms with E-state index >= 15 is 0 Å². The van der Waals surface area contributed by atoms with E-state index in [1.54, 1.807) is 12.1 Å². The number of hydrogen-bond acceptors (Lipinski definition) is 4. The quantitative estimate of drug-likeness (QED) is 0.899. The lowest BCUT2D eigenvalue weighted by molar-refractivity contribution is 0.0954. The van der Waals surface area contributed by atoms with Gasteiger partial charge in [-0.25, -0.2) is 8.42 Å². The third-order valence-electron chi connectivity index (χ3n) is 4.18. The lowest BCUT2D eigenvalue weighted by Gasteiger charge is -2.19. The lowest BCUT2D eigenvalue weighted by atomic mass is 10.2. The van der Waals surface area contributed by atoms with Gasteiger partial charge in [-0.1, -0.05) is 24.3 Å². The summed E-state index contributed by atoms with van der Waals surface area (Å²) in [6.45, 7) is 2.20. The summed E-state index contributed by atoms with van der Waals surface area (Å²) in [5.74, 6) is -0.256. The van der Waals surface area contributed by atoms with Gasteiger partial charge in [0.1, 0.15) is 0 Å². The van der Waals surface area contributed by atoms with Crippen LogP contribution < -0.4 is 10.2 Å². The molecule has 0 fully saturated rings. The molecule has 0 saturated heterocycles. The Labute approximate surface area is 142 Å². The van der Waals surface area contributed by atoms with Crippen molar-refractivity contribution in [2.75, 3.05) is 30.8 Å². The zero-order valence-corrected chi connectivity index (χ0v) is 14.3. The number of benzene rings is 2. The Bertz CT molecular complexity index is 862. The van der Waals surface area contributed by atoms with Gasteiger partial charge in [0.15, 0.2) is 9.84 Å². The summed E-state index contributed by atoms with van der Waals surface area (Å²) in [5, 5.41) is 2.86. The number of anilines is 1. The Morgan fingerprint density at radius 3 is 2.75 bits per heavy atom. The van der Waals surface area contributed by atoms with Crippen molar-refractivity contribution in [3.63, 3.8) is 0 Å². The average molecular weight is 344 g/mol. The van der Waals surface area contributed by atoms with Crippen LogP contribution in [0.4, 0.5) is 5.69 Å². The zero-order chi connectivity index (χ0) is 17.2. The molecule has 6 heteroatoms. The number of para-hydroxylation sites is 1. The largest absolute Gasteiger partial charge is 0.369 e. The van der Waals surface area contributed by atoms with Crippen molar-refractivity contribution in [2.45, 2.75) is 11.3 Å². The van der Waals surface area contributed by atoms with Crippen molar-refractivity contribution in [3.05, 3.63) is 59.7 Å². The Morgan fingerprint density at radius 1 is 1.17 bits per heavy atom.